The highest BCUT2D eigenvalue weighted by Crippen LogP contribution is 2.37. The molecule has 0 saturated carbocycles. The lowest BCUT2D eigenvalue weighted by Crippen LogP contribution is -2.19. The summed E-state index contributed by atoms with van der Waals surface area (Å²) in [5.41, 5.74) is 3.45. The SMILES string of the molecule is CCOc1cc(/C=N\NC(=O)c2ccc(C#N)cc2F)cc(Cl)c1OCc1ccc(C(=O)O)cc1. The maximum atomic E-state index is 14.0. The highest BCUT2D eigenvalue weighted by atomic mass is 35.5. The van der Waals surface area contributed by atoms with Crippen LogP contribution in [0.4, 0.5) is 4.39 Å². The predicted octanol–water partition coefficient (Wildman–Crippen LogP) is 4.79. The van der Waals surface area contributed by atoms with Crippen molar-refractivity contribution in [1.29, 1.82) is 5.26 Å². The number of nitrogens with zero attached hydrogens (tertiary/aromatic N) is 2. The summed E-state index contributed by atoms with van der Waals surface area (Å²) in [6.07, 6.45) is 1.31. The zero-order valence-electron chi connectivity index (χ0n) is 18.4. The second-order valence-corrected chi connectivity index (χ2v) is 7.47. The van der Waals surface area contributed by atoms with Crippen molar-refractivity contribution in [3.63, 3.8) is 0 Å². The summed E-state index contributed by atoms with van der Waals surface area (Å²) in [5.74, 6) is -2.01. The number of carboxylic acids is 1. The highest BCUT2D eigenvalue weighted by Gasteiger charge is 2.14. The molecule has 0 aliphatic carbocycles. The number of ether oxygens (including phenoxy) is 2. The standard InChI is InChI=1S/C25H19ClFN3O5/c1-2-34-22-11-17(13-29-30-24(31)19-8-5-16(12-28)10-21(19)27)9-20(26)23(22)35-14-15-3-6-18(7-4-15)25(32)33/h3-11,13H,2,14H2,1H3,(H,30,31)(H,32,33)/b29-13-. The molecule has 2 N–H and O–H groups in total. The maximum Gasteiger partial charge on any atom is 0.335 e. The van der Waals surface area contributed by atoms with Gasteiger partial charge in [0.1, 0.15) is 12.4 Å². The topological polar surface area (TPSA) is 121 Å². The Hall–Kier alpha value is -4.42. The summed E-state index contributed by atoms with van der Waals surface area (Å²) in [4.78, 5) is 23.2. The van der Waals surface area contributed by atoms with Crippen LogP contribution in [-0.2, 0) is 6.61 Å². The fourth-order valence-electron chi connectivity index (χ4n) is 2.96. The van der Waals surface area contributed by atoms with E-state index in [4.69, 9.17) is 31.4 Å². The van der Waals surface area contributed by atoms with Crippen LogP contribution in [0.2, 0.25) is 5.02 Å². The van der Waals surface area contributed by atoms with Crippen LogP contribution in [0.15, 0.2) is 59.7 Å². The van der Waals surface area contributed by atoms with E-state index in [9.17, 15) is 14.0 Å². The number of carbonyl (C=O) groups is 2. The summed E-state index contributed by atoms with van der Waals surface area (Å²) >= 11 is 6.38. The van der Waals surface area contributed by atoms with Crippen molar-refractivity contribution in [3.05, 3.63) is 93.3 Å². The van der Waals surface area contributed by atoms with Gasteiger partial charge in [-0.25, -0.2) is 14.6 Å². The van der Waals surface area contributed by atoms with E-state index >= 15 is 0 Å². The monoisotopic (exact) mass is 495 g/mol. The maximum absolute atomic E-state index is 14.0. The van der Waals surface area contributed by atoms with Gasteiger partial charge in [0.05, 0.1) is 40.6 Å². The van der Waals surface area contributed by atoms with E-state index in [1.807, 2.05) is 0 Å². The minimum absolute atomic E-state index is 0.0974. The van der Waals surface area contributed by atoms with Gasteiger partial charge in [0.2, 0.25) is 0 Å². The van der Waals surface area contributed by atoms with Crippen molar-refractivity contribution in [3.8, 4) is 17.6 Å². The van der Waals surface area contributed by atoms with Gasteiger partial charge in [0.25, 0.3) is 5.91 Å². The van der Waals surface area contributed by atoms with Gasteiger partial charge in [-0.15, -0.1) is 0 Å². The van der Waals surface area contributed by atoms with E-state index < -0.39 is 17.7 Å². The molecule has 0 atom stereocenters. The van der Waals surface area contributed by atoms with E-state index in [2.05, 4.69) is 10.5 Å². The number of carbonyl (C=O) groups excluding carboxylic acids is 1. The molecule has 1 amide bonds. The van der Waals surface area contributed by atoms with Crippen molar-refractivity contribution < 1.29 is 28.6 Å². The van der Waals surface area contributed by atoms with E-state index in [-0.39, 0.29) is 34.1 Å². The zero-order chi connectivity index (χ0) is 25.4. The average Bonchev–Trinajstić information content (AvgIpc) is 2.83. The van der Waals surface area contributed by atoms with Gasteiger partial charge >= 0.3 is 5.97 Å². The highest BCUT2D eigenvalue weighted by molar-refractivity contribution is 6.32. The third kappa shape index (κ3) is 6.56. The molecule has 0 aliphatic heterocycles. The quantitative estimate of drug-likeness (QED) is 0.325. The van der Waals surface area contributed by atoms with Crippen LogP contribution < -0.4 is 14.9 Å². The molecule has 0 aromatic heterocycles. The number of rotatable bonds is 9. The summed E-state index contributed by atoms with van der Waals surface area (Å²) in [7, 11) is 0. The number of benzene rings is 3. The Morgan fingerprint density at radius 1 is 1.17 bits per heavy atom. The first-order valence-electron chi connectivity index (χ1n) is 10.3. The van der Waals surface area contributed by atoms with Gasteiger partial charge in [-0.05, 0) is 60.5 Å². The van der Waals surface area contributed by atoms with Gasteiger partial charge in [0, 0.05) is 0 Å². The van der Waals surface area contributed by atoms with E-state index in [0.717, 1.165) is 11.6 Å². The van der Waals surface area contributed by atoms with E-state index in [1.165, 1.54) is 30.5 Å². The Bertz CT molecular complexity index is 1320. The van der Waals surface area contributed by atoms with E-state index in [1.54, 1.807) is 37.3 Å². The third-order valence-corrected chi connectivity index (χ3v) is 4.92. The minimum Gasteiger partial charge on any atom is -0.490 e. The van der Waals surface area contributed by atoms with Crippen LogP contribution >= 0.6 is 11.6 Å². The number of nitrogens with one attached hydrogen (secondary N) is 1. The number of hydrogen-bond donors (Lipinski definition) is 2. The number of halogens is 2. The molecule has 8 nitrogen and oxygen atoms in total. The third-order valence-electron chi connectivity index (χ3n) is 4.64. The van der Waals surface area contributed by atoms with Crippen LogP contribution in [0.5, 0.6) is 11.5 Å². The molecule has 3 aromatic rings. The number of amides is 1. The first kappa shape index (κ1) is 25.2. The van der Waals surface area contributed by atoms with Gasteiger partial charge < -0.3 is 14.6 Å². The van der Waals surface area contributed by atoms with Crippen molar-refractivity contribution in [2.75, 3.05) is 6.61 Å². The Balaban J connectivity index is 1.72. The van der Waals surface area contributed by atoms with Gasteiger partial charge in [-0.1, -0.05) is 23.7 Å². The molecule has 0 aliphatic rings. The number of nitriles is 1. The molecule has 0 heterocycles. The number of hydrogen-bond acceptors (Lipinski definition) is 6. The molecule has 35 heavy (non-hydrogen) atoms. The Labute approximate surface area is 205 Å². The van der Waals surface area contributed by atoms with Crippen LogP contribution in [0, 0.1) is 17.1 Å². The molecule has 3 rings (SSSR count). The number of hydrazone groups is 1. The van der Waals surface area contributed by atoms with Crippen molar-refractivity contribution in [2.24, 2.45) is 5.10 Å². The normalized spacial score (nSPS) is 10.6. The van der Waals surface area contributed by atoms with Crippen LogP contribution in [0.1, 0.15) is 44.3 Å². The Morgan fingerprint density at radius 2 is 1.91 bits per heavy atom. The molecule has 0 saturated heterocycles. The second kappa shape index (κ2) is 11.6. The molecular weight excluding hydrogens is 477 g/mol. The molecular formula is C25H19ClFN3O5. The number of carboxylic acid groups (broad SMARTS) is 1. The Morgan fingerprint density at radius 3 is 2.54 bits per heavy atom. The predicted molar refractivity (Wildman–Crippen MR) is 127 cm³/mol. The number of aromatic carboxylic acids is 1. The van der Waals surface area contributed by atoms with Crippen LogP contribution in [0.25, 0.3) is 0 Å². The molecule has 10 heteroatoms. The lowest BCUT2D eigenvalue weighted by molar-refractivity contribution is 0.0696. The molecule has 178 valence electrons. The summed E-state index contributed by atoms with van der Waals surface area (Å²) in [6.45, 7) is 2.24. The van der Waals surface area contributed by atoms with Crippen LogP contribution in [-0.4, -0.2) is 29.8 Å². The molecule has 0 bridgehead atoms. The molecule has 0 fully saturated rings. The first-order chi connectivity index (χ1) is 16.8. The van der Waals surface area contributed by atoms with Gasteiger partial charge in [-0.3, -0.25) is 4.79 Å². The van der Waals surface area contributed by atoms with Crippen molar-refractivity contribution >= 4 is 29.7 Å². The molecule has 0 radical (unpaired) electrons. The van der Waals surface area contributed by atoms with E-state index in [0.29, 0.717) is 17.9 Å². The van der Waals surface area contributed by atoms with Crippen molar-refractivity contribution in [1.82, 2.24) is 5.43 Å². The zero-order valence-corrected chi connectivity index (χ0v) is 19.2. The minimum atomic E-state index is -1.02. The lowest BCUT2D eigenvalue weighted by atomic mass is 10.1. The summed E-state index contributed by atoms with van der Waals surface area (Å²) in [5, 5.41) is 21.8. The fraction of sp³-hybridized carbons (Fsp3) is 0.120. The molecule has 0 unspecified atom stereocenters. The summed E-state index contributed by atoms with van der Waals surface area (Å²) < 4.78 is 25.4. The summed E-state index contributed by atoms with van der Waals surface area (Å²) in [6, 6.07) is 14.7. The largest absolute Gasteiger partial charge is 0.490 e. The van der Waals surface area contributed by atoms with Gasteiger partial charge in [-0.2, -0.15) is 10.4 Å². The van der Waals surface area contributed by atoms with Crippen LogP contribution in [0.3, 0.4) is 0 Å². The lowest BCUT2D eigenvalue weighted by Gasteiger charge is -2.14. The smallest absolute Gasteiger partial charge is 0.335 e. The second-order valence-electron chi connectivity index (χ2n) is 7.06. The molecule has 0 spiro atoms. The average molecular weight is 496 g/mol. The fourth-order valence-corrected chi connectivity index (χ4v) is 3.23. The first-order valence-corrected chi connectivity index (χ1v) is 10.6. The molecule has 3 aromatic carbocycles. The van der Waals surface area contributed by atoms with Gasteiger partial charge in [0.15, 0.2) is 11.5 Å². The van der Waals surface area contributed by atoms with Crippen molar-refractivity contribution in [2.45, 2.75) is 13.5 Å². The Kier molecular flexibility index (Phi) is 8.38.